The van der Waals surface area contributed by atoms with E-state index in [-0.39, 0.29) is 41.2 Å². The van der Waals surface area contributed by atoms with Crippen LogP contribution in [0.4, 0.5) is 30.5 Å². The molecule has 0 unspecified atom stereocenters. The number of piperazine rings is 1. The summed E-state index contributed by atoms with van der Waals surface area (Å²) in [4.78, 5) is 36.6. The Morgan fingerprint density at radius 1 is 1.05 bits per heavy atom. The SMILES string of the molecule is CCOc1cc(C(=O)N2CCN(C)CC2)ccc1NN(c1ncc(C(N)=O)cn1)c1ccccc1C(F)(F)F. The number of aromatic nitrogens is 2. The van der Waals surface area contributed by atoms with Crippen LogP contribution in [0.15, 0.2) is 54.9 Å². The highest BCUT2D eigenvalue weighted by molar-refractivity contribution is 5.95. The van der Waals surface area contributed by atoms with Gasteiger partial charge in [0.05, 0.1) is 29.1 Å². The third-order valence-corrected chi connectivity index (χ3v) is 6.12. The predicted octanol–water partition coefficient (Wildman–Crippen LogP) is 3.55. The number of rotatable bonds is 8. The molecule has 13 heteroatoms. The number of amides is 2. The van der Waals surface area contributed by atoms with E-state index in [1.807, 2.05) is 7.05 Å². The van der Waals surface area contributed by atoms with Gasteiger partial charge in [-0.25, -0.2) is 15.0 Å². The summed E-state index contributed by atoms with van der Waals surface area (Å²) in [5.74, 6) is -0.881. The molecule has 0 aliphatic carbocycles. The standard InChI is InChI=1S/C26H28F3N7O3/c1-3-39-22-14-17(24(38)35-12-10-34(2)11-13-35)8-9-20(22)33-36(25-31-15-18(16-32-25)23(30)37)21-7-5-4-6-19(21)26(27,28)29/h4-9,14-16,33H,3,10-13H2,1-2H3,(H2,30,37). The van der Waals surface area contributed by atoms with Gasteiger partial charge < -0.3 is 20.3 Å². The maximum atomic E-state index is 13.9. The number of alkyl halides is 3. The zero-order chi connectivity index (χ0) is 28.2. The lowest BCUT2D eigenvalue weighted by Gasteiger charge is -2.32. The number of ether oxygens (including phenoxy) is 1. The first-order valence-electron chi connectivity index (χ1n) is 12.2. The summed E-state index contributed by atoms with van der Waals surface area (Å²) in [6.45, 7) is 4.67. The Morgan fingerprint density at radius 3 is 2.33 bits per heavy atom. The molecule has 0 spiro atoms. The lowest BCUT2D eigenvalue weighted by atomic mass is 10.1. The molecular weight excluding hydrogens is 515 g/mol. The van der Waals surface area contributed by atoms with Crippen LogP contribution in [0.2, 0.25) is 0 Å². The van der Waals surface area contributed by atoms with Crippen LogP contribution in [0.1, 0.15) is 33.2 Å². The van der Waals surface area contributed by atoms with Crippen LogP contribution < -0.4 is 20.9 Å². The van der Waals surface area contributed by atoms with Crippen molar-refractivity contribution in [2.45, 2.75) is 13.1 Å². The van der Waals surface area contributed by atoms with E-state index in [0.717, 1.165) is 36.6 Å². The number of anilines is 3. The molecule has 0 bridgehead atoms. The molecule has 206 valence electrons. The number of nitrogens with zero attached hydrogens (tertiary/aromatic N) is 5. The van der Waals surface area contributed by atoms with Gasteiger partial charge in [-0.2, -0.15) is 13.2 Å². The lowest BCUT2D eigenvalue weighted by Crippen LogP contribution is -2.47. The highest BCUT2D eigenvalue weighted by Gasteiger charge is 2.36. The lowest BCUT2D eigenvalue weighted by molar-refractivity contribution is -0.137. The third kappa shape index (κ3) is 6.37. The van der Waals surface area contributed by atoms with E-state index in [0.29, 0.717) is 18.7 Å². The quantitative estimate of drug-likeness (QED) is 0.415. The highest BCUT2D eigenvalue weighted by atomic mass is 19.4. The Morgan fingerprint density at radius 2 is 1.72 bits per heavy atom. The Balaban J connectivity index is 1.74. The van der Waals surface area contributed by atoms with Gasteiger partial charge in [0, 0.05) is 44.1 Å². The molecule has 10 nitrogen and oxygen atoms in total. The third-order valence-electron chi connectivity index (χ3n) is 6.12. The minimum atomic E-state index is -4.69. The maximum absolute atomic E-state index is 13.9. The van der Waals surface area contributed by atoms with Crippen molar-refractivity contribution in [3.63, 3.8) is 0 Å². The minimum absolute atomic E-state index is 0.00964. The normalized spacial score (nSPS) is 14.1. The van der Waals surface area contributed by atoms with Crippen LogP contribution in [-0.4, -0.2) is 71.4 Å². The molecule has 3 N–H and O–H groups in total. The van der Waals surface area contributed by atoms with Crippen LogP contribution in [0.5, 0.6) is 5.75 Å². The smallest absolute Gasteiger partial charge is 0.418 e. The Kier molecular flexibility index (Phi) is 8.19. The number of primary amides is 1. The van der Waals surface area contributed by atoms with Crippen molar-refractivity contribution in [2.24, 2.45) is 5.73 Å². The summed E-state index contributed by atoms with van der Waals surface area (Å²) in [7, 11) is 1.99. The summed E-state index contributed by atoms with van der Waals surface area (Å²) in [5, 5.41) is 1.04. The monoisotopic (exact) mass is 543 g/mol. The molecule has 2 amide bonds. The Bertz CT molecular complexity index is 1330. The predicted molar refractivity (Wildman–Crippen MR) is 139 cm³/mol. The first-order valence-corrected chi connectivity index (χ1v) is 12.2. The number of halogens is 3. The van der Waals surface area contributed by atoms with Crippen molar-refractivity contribution < 1.29 is 27.5 Å². The van der Waals surface area contributed by atoms with Crippen LogP contribution in [-0.2, 0) is 6.18 Å². The molecular formula is C26H28F3N7O3. The summed E-state index contributed by atoms with van der Waals surface area (Å²) >= 11 is 0. The minimum Gasteiger partial charge on any atom is -0.492 e. The average Bonchev–Trinajstić information content (AvgIpc) is 2.92. The topological polar surface area (TPSA) is 117 Å². The molecule has 0 saturated carbocycles. The second-order valence-corrected chi connectivity index (χ2v) is 8.84. The van der Waals surface area contributed by atoms with Crippen molar-refractivity contribution in [3.8, 4) is 5.75 Å². The van der Waals surface area contributed by atoms with Gasteiger partial charge in [-0.15, -0.1) is 0 Å². The van der Waals surface area contributed by atoms with E-state index in [1.54, 1.807) is 30.0 Å². The van der Waals surface area contributed by atoms with E-state index in [9.17, 15) is 22.8 Å². The van der Waals surface area contributed by atoms with Crippen molar-refractivity contribution in [3.05, 3.63) is 71.5 Å². The average molecular weight is 544 g/mol. The van der Waals surface area contributed by atoms with E-state index >= 15 is 0 Å². The number of hydrazine groups is 1. The summed E-state index contributed by atoms with van der Waals surface area (Å²) in [6, 6.07) is 9.59. The second kappa shape index (κ2) is 11.6. The Labute approximate surface area is 223 Å². The number of nitrogens with two attached hydrogens (primary N) is 1. The molecule has 1 saturated heterocycles. The number of para-hydroxylation sites is 1. The van der Waals surface area contributed by atoms with Crippen LogP contribution in [0, 0.1) is 0 Å². The van der Waals surface area contributed by atoms with Crippen molar-refractivity contribution in [1.29, 1.82) is 0 Å². The zero-order valence-electron chi connectivity index (χ0n) is 21.4. The van der Waals surface area contributed by atoms with Crippen molar-refractivity contribution in [2.75, 3.05) is 50.3 Å². The number of carbonyl (C=O) groups is 2. The highest BCUT2D eigenvalue weighted by Crippen LogP contribution is 2.39. The van der Waals surface area contributed by atoms with Gasteiger partial charge in [0.25, 0.3) is 11.8 Å². The Hall–Kier alpha value is -4.39. The molecule has 2 aromatic carbocycles. The maximum Gasteiger partial charge on any atom is 0.418 e. The number of benzene rings is 2. The van der Waals surface area contributed by atoms with E-state index in [4.69, 9.17) is 10.5 Å². The first kappa shape index (κ1) is 27.6. The molecule has 4 rings (SSSR count). The zero-order valence-corrected chi connectivity index (χ0v) is 21.4. The van der Waals surface area contributed by atoms with Gasteiger partial charge in [-0.1, -0.05) is 12.1 Å². The first-order chi connectivity index (χ1) is 18.6. The second-order valence-electron chi connectivity index (χ2n) is 8.84. The van der Waals surface area contributed by atoms with Crippen LogP contribution in [0.25, 0.3) is 0 Å². The number of hydrogen-bond acceptors (Lipinski definition) is 8. The van der Waals surface area contributed by atoms with Gasteiger partial charge >= 0.3 is 6.18 Å². The van der Waals surface area contributed by atoms with Crippen molar-refractivity contribution >= 4 is 29.1 Å². The van der Waals surface area contributed by atoms with Crippen LogP contribution in [0.3, 0.4) is 0 Å². The van der Waals surface area contributed by atoms with E-state index in [1.165, 1.54) is 18.2 Å². The van der Waals surface area contributed by atoms with Crippen molar-refractivity contribution in [1.82, 2.24) is 19.8 Å². The molecule has 39 heavy (non-hydrogen) atoms. The number of nitrogens with one attached hydrogen (secondary N) is 1. The number of hydrogen-bond donors (Lipinski definition) is 2. The fourth-order valence-electron chi connectivity index (χ4n) is 4.03. The van der Waals surface area contributed by atoms with Gasteiger partial charge in [0.2, 0.25) is 5.95 Å². The molecule has 1 fully saturated rings. The van der Waals surface area contributed by atoms with Gasteiger partial charge in [0.15, 0.2) is 0 Å². The summed E-state index contributed by atoms with van der Waals surface area (Å²) in [5.41, 5.74) is 7.58. The van der Waals surface area contributed by atoms with Gasteiger partial charge in [-0.3, -0.25) is 15.0 Å². The fourth-order valence-corrected chi connectivity index (χ4v) is 4.03. The fraction of sp³-hybridized carbons (Fsp3) is 0.308. The molecule has 1 aliphatic rings. The largest absolute Gasteiger partial charge is 0.492 e. The van der Waals surface area contributed by atoms with Gasteiger partial charge in [-0.05, 0) is 44.3 Å². The molecule has 1 aliphatic heterocycles. The summed E-state index contributed by atoms with van der Waals surface area (Å²) in [6.07, 6.45) is -2.45. The van der Waals surface area contributed by atoms with E-state index in [2.05, 4.69) is 20.3 Å². The van der Waals surface area contributed by atoms with Gasteiger partial charge in [0.1, 0.15) is 5.75 Å². The molecule has 3 aromatic rings. The van der Waals surface area contributed by atoms with Crippen LogP contribution >= 0.6 is 0 Å². The molecule has 2 heterocycles. The molecule has 0 radical (unpaired) electrons. The molecule has 0 atom stereocenters. The van der Waals surface area contributed by atoms with E-state index < -0.39 is 17.6 Å². The number of likely N-dealkylation sites (N-methyl/N-ethyl adjacent to an activating group) is 1. The number of carbonyl (C=O) groups excluding carboxylic acids is 2. The summed E-state index contributed by atoms with van der Waals surface area (Å²) < 4.78 is 47.6. The molecule has 1 aromatic heterocycles.